The zero-order chi connectivity index (χ0) is 14.0. The SMILES string of the molecule is CNC1(CO)CCC(Sc2ncnc3ccccc23)C1. The Morgan fingerprint density at radius 3 is 3.00 bits per heavy atom. The van der Waals surface area contributed by atoms with E-state index >= 15 is 0 Å². The molecule has 1 heterocycles. The number of likely N-dealkylation sites (N-methyl/N-ethyl adjacent to an activating group) is 1. The van der Waals surface area contributed by atoms with E-state index < -0.39 is 0 Å². The van der Waals surface area contributed by atoms with Gasteiger partial charge in [-0.15, -0.1) is 11.8 Å². The molecule has 3 rings (SSSR count). The third-order valence-electron chi connectivity index (χ3n) is 4.18. The van der Waals surface area contributed by atoms with Crippen molar-refractivity contribution in [2.45, 2.75) is 35.1 Å². The average molecular weight is 289 g/mol. The van der Waals surface area contributed by atoms with Crippen molar-refractivity contribution in [2.24, 2.45) is 0 Å². The lowest BCUT2D eigenvalue weighted by Crippen LogP contribution is -2.44. The summed E-state index contributed by atoms with van der Waals surface area (Å²) in [7, 11) is 1.93. The summed E-state index contributed by atoms with van der Waals surface area (Å²) in [6.45, 7) is 0.199. The van der Waals surface area contributed by atoms with Crippen LogP contribution in [0.25, 0.3) is 10.9 Å². The molecule has 106 valence electrons. The number of hydrogen-bond acceptors (Lipinski definition) is 5. The highest BCUT2D eigenvalue weighted by atomic mass is 32.2. The van der Waals surface area contributed by atoms with E-state index in [1.807, 2.05) is 37.0 Å². The quantitative estimate of drug-likeness (QED) is 0.845. The molecule has 1 aliphatic rings. The molecule has 1 saturated carbocycles. The molecule has 20 heavy (non-hydrogen) atoms. The summed E-state index contributed by atoms with van der Waals surface area (Å²) in [5.74, 6) is 0. The first-order valence-corrected chi connectivity index (χ1v) is 7.80. The van der Waals surface area contributed by atoms with Crippen LogP contribution < -0.4 is 5.32 Å². The molecule has 1 aromatic carbocycles. The standard InChI is InChI=1S/C15H19N3OS/c1-16-15(9-19)7-6-11(8-15)20-14-12-4-2-3-5-13(12)17-10-18-14/h2-5,10-11,16,19H,6-9H2,1H3. The average Bonchev–Trinajstić information content (AvgIpc) is 2.92. The Balaban J connectivity index is 1.81. The van der Waals surface area contributed by atoms with Gasteiger partial charge < -0.3 is 10.4 Å². The van der Waals surface area contributed by atoms with Crippen LogP contribution in [0.15, 0.2) is 35.6 Å². The van der Waals surface area contributed by atoms with Crippen LogP contribution in [-0.2, 0) is 0 Å². The van der Waals surface area contributed by atoms with Gasteiger partial charge in [0.05, 0.1) is 12.1 Å². The van der Waals surface area contributed by atoms with Crippen molar-refractivity contribution in [3.63, 3.8) is 0 Å². The Morgan fingerprint density at radius 1 is 1.40 bits per heavy atom. The first-order valence-electron chi connectivity index (χ1n) is 6.92. The molecule has 2 N–H and O–H groups in total. The van der Waals surface area contributed by atoms with E-state index in [9.17, 15) is 5.11 Å². The number of nitrogens with zero attached hydrogens (tertiary/aromatic N) is 2. The molecule has 2 unspecified atom stereocenters. The molecule has 0 amide bonds. The van der Waals surface area contributed by atoms with Crippen molar-refractivity contribution in [1.29, 1.82) is 0 Å². The maximum atomic E-state index is 9.57. The lowest BCUT2D eigenvalue weighted by atomic mass is 10.00. The van der Waals surface area contributed by atoms with E-state index in [4.69, 9.17) is 0 Å². The van der Waals surface area contributed by atoms with Crippen LogP contribution in [0, 0.1) is 0 Å². The van der Waals surface area contributed by atoms with Crippen molar-refractivity contribution in [1.82, 2.24) is 15.3 Å². The second-order valence-electron chi connectivity index (χ2n) is 5.37. The van der Waals surface area contributed by atoms with Crippen LogP contribution in [0.3, 0.4) is 0 Å². The molecule has 4 nitrogen and oxygen atoms in total. The fourth-order valence-electron chi connectivity index (χ4n) is 2.86. The summed E-state index contributed by atoms with van der Waals surface area (Å²) in [6, 6.07) is 8.11. The molecular formula is C15H19N3OS. The largest absolute Gasteiger partial charge is 0.394 e. The normalized spacial score (nSPS) is 26.2. The second kappa shape index (κ2) is 5.68. The van der Waals surface area contributed by atoms with Gasteiger partial charge in [0.2, 0.25) is 0 Å². The number of para-hydroxylation sites is 1. The minimum absolute atomic E-state index is 0.111. The summed E-state index contributed by atoms with van der Waals surface area (Å²) in [6.07, 6.45) is 4.73. The summed E-state index contributed by atoms with van der Waals surface area (Å²) in [4.78, 5) is 8.74. The number of hydrogen-bond donors (Lipinski definition) is 2. The van der Waals surface area contributed by atoms with Gasteiger partial charge in [-0.2, -0.15) is 0 Å². The maximum absolute atomic E-state index is 9.57. The molecule has 0 bridgehead atoms. The van der Waals surface area contributed by atoms with E-state index in [0.29, 0.717) is 5.25 Å². The lowest BCUT2D eigenvalue weighted by molar-refractivity contribution is 0.173. The minimum Gasteiger partial charge on any atom is -0.394 e. The lowest BCUT2D eigenvalue weighted by Gasteiger charge is -2.26. The predicted octanol–water partition coefficient (Wildman–Crippen LogP) is 2.22. The van der Waals surface area contributed by atoms with Crippen molar-refractivity contribution >= 4 is 22.7 Å². The molecule has 1 aliphatic carbocycles. The van der Waals surface area contributed by atoms with Crippen molar-refractivity contribution in [2.75, 3.05) is 13.7 Å². The van der Waals surface area contributed by atoms with Gasteiger partial charge >= 0.3 is 0 Å². The van der Waals surface area contributed by atoms with Gasteiger partial charge in [0, 0.05) is 16.2 Å². The van der Waals surface area contributed by atoms with E-state index in [1.165, 1.54) is 0 Å². The van der Waals surface area contributed by atoms with Gasteiger partial charge in [-0.3, -0.25) is 0 Å². The maximum Gasteiger partial charge on any atom is 0.117 e. The highest BCUT2D eigenvalue weighted by molar-refractivity contribution is 8.00. The van der Waals surface area contributed by atoms with Gasteiger partial charge in [0.15, 0.2) is 0 Å². The van der Waals surface area contributed by atoms with Gasteiger partial charge in [-0.05, 0) is 32.4 Å². The number of benzene rings is 1. The third-order valence-corrected chi connectivity index (χ3v) is 5.47. The van der Waals surface area contributed by atoms with Crippen LogP contribution in [0.2, 0.25) is 0 Å². The Hall–Kier alpha value is -1.17. The smallest absolute Gasteiger partial charge is 0.117 e. The van der Waals surface area contributed by atoms with Crippen molar-refractivity contribution < 1.29 is 5.11 Å². The Bertz CT molecular complexity index is 595. The fourth-order valence-corrected chi connectivity index (χ4v) is 4.22. The summed E-state index contributed by atoms with van der Waals surface area (Å²) in [5, 5.41) is 15.5. The number of rotatable bonds is 4. The number of nitrogens with one attached hydrogen (secondary N) is 1. The topological polar surface area (TPSA) is 58.0 Å². The zero-order valence-electron chi connectivity index (χ0n) is 11.5. The molecule has 5 heteroatoms. The Morgan fingerprint density at radius 2 is 2.25 bits per heavy atom. The molecule has 1 fully saturated rings. The van der Waals surface area contributed by atoms with E-state index in [0.717, 1.165) is 35.2 Å². The Labute approximate surface area is 123 Å². The highest BCUT2D eigenvalue weighted by Gasteiger charge is 2.38. The number of aliphatic hydroxyl groups is 1. The number of thioether (sulfide) groups is 1. The summed E-state index contributed by atoms with van der Waals surface area (Å²) >= 11 is 1.81. The summed E-state index contributed by atoms with van der Waals surface area (Å²) < 4.78 is 0. The van der Waals surface area contributed by atoms with Gasteiger partial charge in [0.1, 0.15) is 11.4 Å². The van der Waals surface area contributed by atoms with Crippen molar-refractivity contribution in [3.8, 4) is 0 Å². The van der Waals surface area contributed by atoms with Crippen LogP contribution >= 0.6 is 11.8 Å². The zero-order valence-corrected chi connectivity index (χ0v) is 12.4. The fraction of sp³-hybridized carbons (Fsp3) is 0.467. The molecule has 2 aromatic rings. The molecule has 2 atom stereocenters. The Kier molecular flexibility index (Phi) is 3.92. The van der Waals surface area contributed by atoms with E-state index in [1.54, 1.807) is 6.33 Å². The number of fused-ring (bicyclic) bond motifs is 1. The van der Waals surface area contributed by atoms with Gasteiger partial charge in [-0.25, -0.2) is 9.97 Å². The monoisotopic (exact) mass is 289 g/mol. The molecule has 0 radical (unpaired) electrons. The first kappa shape index (κ1) is 13.8. The highest BCUT2D eigenvalue weighted by Crippen LogP contribution is 2.40. The molecule has 1 aromatic heterocycles. The molecule has 0 saturated heterocycles. The van der Waals surface area contributed by atoms with E-state index in [2.05, 4.69) is 21.4 Å². The van der Waals surface area contributed by atoms with E-state index in [-0.39, 0.29) is 12.1 Å². The first-order chi connectivity index (χ1) is 9.76. The summed E-state index contributed by atoms with van der Waals surface area (Å²) in [5.41, 5.74) is 0.880. The van der Waals surface area contributed by atoms with Crippen LogP contribution in [0.4, 0.5) is 0 Å². The third kappa shape index (κ3) is 2.53. The number of aliphatic hydroxyl groups excluding tert-OH is 1. The van der Waals surface area contributed by atoms with Gasteiger partial charge in [-0.1, -0.05) is 18.2 Å². The van der Waals surface area contributed by atoms with Gasteiger partial charge in [0.25, 0.3) is 0 Å². The minimum atomic E-state index is -0.111. The van der Waals surface area contributed by atoms with Crippen LogP contribution in [-0.4, -0.2) is 39.5 Å². The second-order valence-corrected chi connectivity index (χ2v) is 6.66. The number of aromatic nitrogens is 2. The molecule has 0 aliphatic heterocycles. The molecule has 0 spiro atoms. The van der Waals surface area contributed by atoms with Crippen molar-refractivity contribution in [3.05, 3.63) is 30.6 Å². The predicted molar refractivity (Wildman–Crippen MR) is 81.9 cm³/mol. The molecular weight excluding hydrogens is 270 g/mol. The van der Waals surface area contributed by atoms with Crippen LogP contribution in [0.5, 0.6) is 0 Å². The van der Waals surface area contributed by atoms with Crippen LogP contribution in [0.1, 0.15) is 19.3 Å².